The Morgan fingerprint density at radius 1 is 1.13 bits per heavy atom. The monoisotopic (exact) mass is 411 g/mol. The van der Waals surface area contributed by atoms with Crippen molar-refractivity contribution >= 4 is 35.1 Å². The number of aromatic hydroxyl groups is 1. The first-order chi connectivity index (χ1) is 14.4. The summed E-state index contributed by atoms with van der Waals surface area (Å²) in [6.07, 6.45) is 1.34. The molecule has 0 unspecified atom stereocenters. The Balaban J connectivity index is 1.56. The zero-order chi connectivity index (χ0) is 21.7. The quantitative estimate of drug-likeness (QED) is 0.491. The molecule has 0 atom stereocenters. The number of ether oxygens (including phenoxy) is 1. The number of hydrogen-bond donors (Lipinski definition) is 3. The molecule has 1 saturated heterocycles. The van der Waals surface area contributed by atoms with Crippen LogP contribution in [0, 0.1) is 0 Å². The SMILES string of the molecule is COC(=O)c1cccc(NC(=O)CNC(=O)c2ccc(N3CCCC3=O)cc2)c1O. The molecular weight excluding hydrogens is 390 g/mol. The fourth-order valence-electron chi connectivity index (χ4n) is 3.09. The van der Waals surface area contributed by atoms with Crippen LogP contribution in [0.25, 0.3) is 0 Å². The van der Waals surface area contributed by atoms with Crippen molar-refractivity contribution in [3.63, 3.8) is 0 Å². The maximum Gasteiger partial charge on any atom is 0.341 e. The first kappa shape index (κ1) is 20.8. The van der Waals surface area contributed by atoms with Gasteiger partial charge in [-0.15, -0.1) is 0 Å². The molecule has 1 fully saturated rings. The van der Waals surface area contributed by atoms with Gasteiger partial charge in [-0.3, -0.25) is 14.4 Å². The lowest BCUT2D eigenvalue weighted by molar-refractivity contribution is -0.117. The highest BCUT2D eigenvalue weighted by Crippen LogP contribution is 2.27. The number of methoxy groups -OCH3 is 1. The van der Waals surface area contributed by atoms with Gasteiger partial charge in [-0.25, -0.2) is 4.79 Å². The second-order valence-electron chi connectivity index (χ2n) is 6.62. The molecule has 30 heavy (non-hydrogen) atoms. The molecule has 0 saturated carbocycles. The summed E-state index contributed by atoms with van der Waals surface area (Å²) in [5, 5.41) is 15.0. The van der Waals surface area contributed by atoms with E-state index in [1.54, 1.807) is 29.2 Å². The van der Waals surface area contributed by atoms with Gasteiger partial charge in [0.1, 0.15) is 5.56 Å². The molecular formula is C21H21N3O6. The molecule has 0 spiro atoms. The number of nitrogens with zero attached hydrogens (tertiary/aromatic N) is 1. The van der Waals surface area contributed by atoms with Crippen molar-refractivity contribution in [1.82, 2.24) is 5.32 Å². The summed E-state index contributed by atoms with van der Waals surface area (Å²) in [6.45, 7) is 0.321. The summed E-state index contributed by atoms with van der Waals surface area (Å²) >= 11 is 0. The topological polar surface area (TPSA) is 125 Å². The molecule has 2 aromatic carbocycles. The van der Waals surface area contributed by atoms with Crippen LogP contribution in [-0.2, 0) is 14.3 Å². The maximum absolute atomic E-state index is 12.3. The molecule has 0 aromatic heterocycles. The van der Waals surface area contributed by atoms with Gasteiger partial charge in [-0.2, -0.15) is 0 Å². The fourth-order valence-corrected chi connectivity index (χ4v) is 3.09. The van der Waals surface area contributed by atoms with E-state index in [2.05, 4.69) is 15.4 Å². The molecule has 3 amide bonds. The van der Waals surface area contributed by atoms with Crippen LogP contribution in [0.15, 0.2) is 42.5 Å². The van der Waals surface area contributed by atoms with E-state index < -0.39 is 23.5 Å². The fraction of sp³-hybridized carbons (Fsp3) is 0.238. The zero-order valence-electron chi connectivity index (χ0n) is 16.3. The zero-order valence-corrected chi connectivity index (χ0v) is 16.3. The van der Waals surface area contributed by atoms with Crippen molar-refractivity contribution in [2.24, 2.45) is 0 Å². The average molecular weight is 411 g/mol. The van der Waals surface area contributed by atoms with Crippen LogP contribution < -0.4 is 15.5 Å². The van der Waals surface area contributed by atoms with Gasteiger partial charge in [-0.1, -0.05) is 6.07 Å². The highest BCUT2D eigenvalue weighted by atomic mass is 16.5. The van der Waals surface area contributed by atoms with Gasteiger partial charge in [0, 0.05) is 24.2 Å². The van der Waals surface area contributed by atoms with E-state index in [1.807, 2.05) is 0 Å². The van der Waals surface area contributed by atoms with E-state index >= 15 is 0 Å². The molecule has 2 aromatic rings. The summed E-state index contributed by atoms with van der Waals surface area (Å²) in [5.74, 6) is -2.15. The molecule has 0 radical (unpaired) electrons. The summed E-state index contributed by atoms with van der Waals surface area (Å²) in [5.41, 5.74) is 1.01. The number of esters is 1. The number of anilines is 2. The minimum atomic E-state index is -0.740. The van der Waals surface area contributed by atoms with Crippen molar-refractivity contribution < 1.29 is 29.0 Å². The Labute approximate surface area is 172 Å². The van der Waals surface area contributed by atoms with Gasteiger partial charge in [0.25, 0.3) is 5.91 Å². The highest BCUT2D eigenvalue weighted by Gasteiger charge is 2.22. The average Bonchev–Trinajstić information content (AvgIpc) is 3.19. The smallest absolute Gasteiger partial charge is 0.341 e. The van der Waals surface area contributed by atoms with Crippen LogP contribution in [0.1, 0.15) is 33.6 Å². The van der Waals surface area contributed by atoms with Crippen molar-refractivity contribution in [3.05, 3.63) is 53.6 Å². The van der Waals surface area contributed by atoms with Gasteiger partial charge in [-0.05, 0) is 42.8 Å². The lowest BCUT2D eigenvalue weighted by Crippen LogP contribution is -2.33. The van der Waals surface area contributed by atoms with E-state index in [1.165, 1.54) is 25.3 Å². The predicted octanol–water partition coefficient (Wildman–Crippen LogP) is 1.67. The van der Waals surface area contributed by atoms with Crippen LogP contribution in [0.2, 0.25) is 0 Å². The van der Waals surface area contributed by atoms with Crippen LogP contribution in [-0.4, -0.2) is 49.0 Å². The highest BCUT2D eigenvalue weighted by molar-refractivity contribution is 6.02. The van der Waals surface area contributed by atoms with Gasteiger partial charge < -0.3 is 25.4 Å². The molecule has 3 N–H and O–H groups in total. The lowest BCUT2D eigenvalue weighted by Gasteiger charge is -2.15. The standard InChI is InChI=1S/C21H21N3O6/c1-30-21(29)15-4-2-5-16(19(15)27)23-17(25)12-22-20(28)13-7-9-14(10-8-13)24-11-3-6-18(24)26/h2,4-5,7-10,27H,3,6,11-12H2,1H3,(H,22,28)(H,23,25). The number of rotatable bonds is 6. The Kier molecular flexibility index (Phi) is 6.31. The Morgan fingerprint density at radius 2 is 1.87 bits per heavy atom. The third-order valence-corrected chi connectivity index (χ3v) is 4.64. The first-order valence-corrected chi connectivity index (χ1v) is 9.29. The molecule has 0 aliphatic carbocycles. The molecule has 0 bridgehead atoms. The van der Waals surface area contributed by atoms with Crippen molar-refractivity contribution in [3.8, 4) is 5.75 Å². The second-order valence-corrected chi connectivity index (χ2v) is 6.62. The first-order valence-electron chi connectivity index (χ1n) is 9.29. The van der Waals surface area contributed by atoms with Crippen LogP contribution in [0.4, 0.5) is 11.4 Å². The predicted molar refractivity (Wildman–Crippen MR) is 108 cm³/mol. The van der Waals surface area contributed by atoms with Crippen molar-refractivity contribution in [2.45, 2.75) is 12.8 Å². The minimum Gasteiger partial charge on any atom is -0.505 e. The molecule has 3 rings (SSSR count). The third kappa shape index (κ3) is 4.57. The molecule has 9 heteroatoms. The van der Waals surface area contributed by atoms with Crippen molar-refractivity contribution in [1.29, 1.82) is 0 Å². The Morgan fingerprint density at radius 3 is 2.50 bits per heavy atom. The number of benzene rings is 2. The lowest BCUT2D eigenvalue weighted by atomic mass is 10.1. The molecule has 1 heterocycles. The van der Waals surface area contributed by atoms with Gasteiger partial charge in [0.15, 0.2) is 5.75 Å². The van der Waals surface area contributed by atoms with E-state index in [-0.39, 0.29) is 23.7 Å². The number of nitrogens with one attached hydrogen (secondary N) is 2. The molecule has 9 nitrogen and oxygen atoms in total. The number of para-hydroxylation sites is 1. The van der Waals surface area contributed by atoms with Gasteiger partial charge in [0.05, 0.1) is 19.3 Å². The van der Waals surface area contributed by atoms with Crippen LogP contribution in [0.5, 0.6) is 5.75 Å². The van der Waals surface area contributed by atoms with Crippen LogP contribution >= 0.6 is 0 Å². The van der Waals surface area contributed by atoms with Gasteiger partial charge >= 0.3 is 5.97 Å². The molecule has 156 valence electrons. The van der Waals surface area contributed by atoms with E-state index in [4.69, 9.17) is 0 Å². The largest absolute Gasteiger partial charge is 0.505 e. The molecule has 1 aliphatic rings. The number of phenolic OH excluding ortho intramolecular Hbond substituents is 1. The maximum atomic E-state index is 12.3. The second kappa shape index (κ2) is 9.08. The summed E-state index contributed by atoms with van der Waals surface area (Å²) in [4.78, 5) is 49.4. The van der Waals surface area contributed by atoms with E-state index in [0.29, 0.717) is 18.5 Å². The normalized spacial score (nSPS) is 13.1. The van der Waals surface area contributed by atoms with E-state index in [0.717, 1.165) is 12.1 Å². The van der Waals surface area contributed by atoms with Crippen molar-refractivity contribution in [2.75, 3.05) is 30.4 Å². The summed E-state index contributed by atoms with van der Waals surface area (Å²) in [6, 6.07) is 10.8. The minimum absolute atomic E-state index is 0.0248. The number of phenols is 1. The summed E-state index contributed by atoms with van der Waals surface area (Å²) in [7, 11) is 1.18. The number of amides is 3. The Hall–Kier alpha value is -3.88. The number of hydrogen-bond acceptors (Lipinski definition) is 6. The molecule has 1 aliphatic heterocycles. The van der Waals surface area contributed by atoms with E-state index in [9.17, 15) is 24.3 Å². The number of carbonyl (C=O) groups excluding carboxylic acids is 4. The van der Waals surface area contributed by atoms with Crippen LogP contribution in [0.3, 0.4) is 0 Å². The summed E-state index contributed by atoms with van der Waals surface area (Å²) < 4.78 is 4.56. The Bertz CT molecular complexity index is 987. The third-order valence-electron chi connectivity index (χ3n) is 4.64. The van der Waals surface area contributed by atoms with Gasteiger partial charge in [0.2, 0.25) is 11.8 Å². The number of carbonyl (C=O) groups is 4.